The quantitative estimate of drug-likeness (QED) is 0.564. The van der Waals surface area contributed by atoms with E-state index in [4.69, 9.17) is 0 Å². The van der Waals surface area contributed by atoms with Crippen LogP contribution in [0.1, 0.15) is 12.5 Å². The van der Waals surface area contributed by atoms with Crippen molar-refractivity contribution in [1.82, 2.24) is 40.0 Å². The predicted molar refractivity (Wildman–Crippen MR) is 88.6 cm³/mol. The minimum atomic E-state index is 0.608. The van der Waals surface area contributed by atoms with Crippen molar-refractivity contribution >= 4 is 17.4 Å². The van der Waals surface area contributed by atoms with E-state index in [0.717, 1.165) is 28.1 Å². The van der Waals surface area contributed by atoms with Crippen molar-refractivity contribution in [3.8, 4) is 11.4 Å². The molecule has 0 aliphatic rings. The molecule has 8 nitrogen and oxygen atoms in total. The fraction of sp³-hybridized carbons (Fsp3) is 0.200. The van der Waals surface area contributed by atoms with Gasteiger partial charge in [-0.25, -0.2) is 0 Å². The van der Waals surface area contributed by atoms with Crippen LogP contribution in [0.3, 0.4) is 0 Å². The van der Waals surface area contributed by atoms with Gasteiger partial charge in [0.25, 0.3) is 0 Å². The fourth-order valence-corrected chi connectivity index (χ4v) is 3.30. The summed E-state index contributed by atoms with van der Waals surface area (Å²) >= 11 is 1.44. The summed E-state index contributed by atoms with van der Waals surface area (Å²) in [5.41, 5.74) is 2.86. The Morgan fingerprint density at radius 2 is 1.92 bits per heavy atom. The average Bonchev–Trinajstić information content (AvgIpc) is 3.21. The maximum absolute atomic E-state index is 4.38. The summed E-state index contributed by atoms with van der Waals surface area (Å²) in [6.45, 7) is 4.92. The molecule has 0 amide bonds. The Bertz CT molecular complexity index is 1010. The molecule has 0 N–H and O–H groups in total. The smallest absolute Gasteiger partial charge is 0.200 e. The second-order valence-electron chi connectivity index (χ2n) is 5.17. The number of nitrogens with zero attached hydrogens (tertiary/aromatic N) is 8. The van der Waals surface area contributed by atoms with Crippen LogP contribution in [0.2, 0.25) is 0 Å². The molecule has 0 atom stereocenters. The number of rotatable bonds is 4. The van der Waals surface area contributed by atoms with Gasteiger partial charge < -0.3 is 4.57 Å². The normalized spacial score (nSPS) is 11.2. The van der Waals surface area contributed by atoms with Crippen LogP contribution >= 0.6 is 11.8 Å². The van der Waals surface area contributed by atoms with Crippen molar-refractivity contribution in [2.45, 2.75) is 30.6 Å². The second-order valence-corrected chi connectivity index (χ2v) is 6.15. The molecule has 120 valence electrons. The third-order valence-electron chi connectivity index (χ3n) is 3.66. The van der Waals surface area contributed by atoms with E-state index < -0.39 is 0 Å². The van der Waals surface area contributed by atoms with E-state index in [1.165, 1.54) is 22.0 Å². The third-order valence-corrected chi connectivity index (χ3v) is 4.57. The molecule has 0 fully saturated rings. The first-order valence-corrected chi connectivity index (χ1v) is 8.30. The molecule has 24 heavy (non-hydrogen) atoms. The molecule has 0 saturated carbocycles. The van der Waals surface area contributed by atoms with Crippen LogP contribution in [0, 0.1) is 6.92 Å². The Kier molecular flexibility index (Phi) is 3.69. The Morgan fingerprint density at radius 1 is 1.04 bits per heavy atom. The zero-order valence-electron chi connectivity index (χ0n) is 13.2. The lowest BCUT2D eigenvalue weighted by atomic mass is 10.1. The molecule has 1 aromatic carbocycles. The van der Waals surface area contributed by atoms with Crippen molar-refractivity contribution in [2.24, 2.45) is 0 Å². The van der Waals surface area contributed by atoms with Gasteiger partial charge in [-0.2, -0.15) is 0 Å². The summed E-state index contributed by atoms with van der Waals surface area (Å²) in [6.07, 6.45) is 0. The van der Waals surface area contributed by atoms with Gasteiger partial charge >= 0.3 is 0 Å². The van der Waals surface area contributed by atoms with E-state index in [1.54, 1.807) is 0 Å². The zero-order valence-corrected chi connectivity index (χ0v) is 14.0. The van der Waals surface area contributed by atoms with Crippen molar-refractivity contribution in [3.05, 3.63) is 42.0 Å². The molecule has 3 heterocycles. The number of hydrogen-bond donors (Lipinski definition) is 0. The molecule has 4 rings (SSSR count). The minimum Gasteiger partial charge on any atom is -0.302 e. The molecule has 0 aliphatic carbocycles. The van der Waals surface area contributed by atoms with Gasteiger partial charge in [-0.3, -0.25) is 0 Å². The molecule has 0 unspecified atom stereocenters. The van der Waals surface area contributed by atoms with E-state index in [-0.39, 0.29) is 0 Å². The van der Waals surface area contributed by atoms with Gasteiger partial charge in [0.2, 0.25) is 0 Å². The van der Waals surface area contributed by atoms with Crippen molar-refractivity contribution < 1.29 is 0 Å². The van der Waals surface area contributed by atoms with Gasteiger partial charge in [0.1, 0.15) is 5.03 Å². The highest BCUT2D eigenvalue weighted by atomic mass is 32.2. The molecule has 0 radical (unpaired) electrons. The molecule has 0 spiro atoms. The molecule has 0 aliphatic heterocycles. The maximum Gasteiger partial charge on any atom is 0.200 e. The molecule has 9 heteroatoms. The maximum atomic E-state index is 4.38. The standard InChI is InChI=1S/C15H14N8S/c1-3-22-14(11-7-5-4-6-10(11)2)17-18-15(22)24-13-9-8-12-16-20-21-23(12)19-13/h4-9H,3H2,1-2H3. The van der Waals surface area contributed by atoms with Crippen LogP contribution in [0.4, 0.5) is 0 Å². The van der Waals surface area contributed by atoms with Crippen molar-refractivity contribution in [2.75, 3.05) is 0 Å². The summed E-state index contributed by atoms with van der Waals surface area (Å²) in [6, 6.07) is 11.9. The SMILES string of the molecule is CCn1c(Sc2ccc3nnnn3n2)nnc1-c1ccccc1C. The number of fused-ring (bicyclic) bond motifs is 1. The number of aromatic nitrogens is 8. The number of aryl methyl sites for hydroxylation is 1. The first-order chi connectivity index (χ1) is 11.8. The first-order valence-electron chi connectivity index (χ1n) is 7.48. The lowest BCUT2D eigenvalue weighted by molar-refractivity contribution is 0.679. The largest absolute Gasteiger partial charge is 0.302 e. The summed E-state index contributed by atoms with van der Waals surface area (Å²) in [7, 11) is 0. The minimum absolute atomic E-state index is 0.608. The first kappa shape index (κ1) is 14.8. The van der Waals surface area contributed by atoms with E-state index in [0.29, 0.717) is 5.65 Å². The van der Waals surface area contributed by atoms with Crippen LogP contribution in [0.5, 0.6) is 0 Å². The second kappa shape index (κ2) is 6.00. The summed E-state index contributed by atoms with van der Waals surface area (Å²) in [5.74, 6) is 0.863. The lowest BCUT2D eigenvalue weighted by Crippen LogP contribution is -2.01. The number of benzene rings is 1. The Morgan fingerprint density at radius 3 is 2.75 bits per heavy atom. The van der Waals surface area contributed by atoms with Crippen LogP contribution < -0.4 is 0 Å². The Labute approximate surface area is 141 Å². The highest BCUT2D eigenvalue weighted by Gasteiger charge is 2.16. The fourth-order valence-electron chi connectivity index (χ4n) is 2.45. The topological polar surface area (TPSA) is 86.7 Å². The van der Waals surface area contributed by atoms with E-state index in [1.807, 2.05) is 24.3 Å². The predicted octanol–water partition coefficient (Wildman–Crippen LogP) is 2.26. The van der Waals surface area contributed by atoms with Gasteiger partial charge in [0.15, 0.2) is 16.6 Å². The zero-order chi connectivity index (χ0) is 16.5. The number of hydrogen-bond acceptors (Lipinski definition) is 7. The van der Waals surface area contributed by atoms with Crippen LogP contribution in [0.25, 0.3) is 17.0 Å². The van der Waals surface area contributed by atoms with Crippen molar-refractivity contribution in [1.29, 1.82) is 0 Å². The molecular weight excluding hydrogens is 324 g/mol. The molecule has 4 aromatic rings. The Hall–Kier alpha value is -2.81. The van der Waals surface area contributed by atoms with Gasteiger partial charge in [-0.1, -0.05) is 24.3 Å². The number of tetrazole rings is 1. The lowest BCUT2D eigenvalue weighted by Gasteiger charge is -2.08. The van der Waals surface area contributed by atoms with E-state index in [9.17, 15) is 0 Å². The van der Waals surface area contributed by atoms with Crippen LogP contribution in [-0.2, 0) is 6.54 Å². The highest BCUT2D eigenvalue weighted by molar-refractivity contribution is 7.99. The highest BCUT2D eigenvalue weighted by Crippen LogP contribution is 2.29. The average molecular weight is 338 g/mol. The summed E-state index contributed by atoms with van der Waals surface area (Å²) in [4.78, 5) is 0. The summed E-state index contributed by atoms with van der Waals surface area (Å²) < 4.78 is 3.48. The van der Waals surface area contributed by atoms with Gasteiger partial charge in [0, 0.05) is 12.1 Å². The summed E-state index contributed by atoms with van der Waals surface area (Å²) in [5, 5.41) is 25.9. The van der Waals surface area contributed by atoms with E-state index >= 15 is 0 Å². The molecular formula is C15H14N8S. The van der Waals surface area contributed by atoms with E-state index in [2.05, 4.69) is 61.4 Å². The van der Waals surface area contributed by atoms with Gasteiger partial charge in [0.05, 0.1) is 0 Å². The van der Waals surface area contributed by atoms with Crippen molar-refractivity contribution in [3.63, 3.8) is 0 Å². The van der Waals surface area contributed by atoms with Crippen LogP contribution in [0.15, 0.2) is 46.6 Å². The van der Waals surface area contributed by atoms with Gasteiger partial charge in [-0.05, 0) is 53.7 Å². The molecule has 3 aromatic heterocycles. The van der Waals surface area contributed by atoms with Crippen LogP contribution in [-0.4, -0.2) is 40.0 Å². The third kappa shape index (κ3) is 2.52. The Balaban J connectivity index is 1.72. The van der Waals surface area contributed by atoms with Gasteiger partial charge in [-0.15, -0.1) is 25.0 Å². The molecule has 0 bridgehead atoms. The monoisotopic (exact) mass is 338 g/mol. The molecule has 0 saturated heterocycles.